The number of sulfonamides is 1. The average molecular weight is 500 g/mol. The van der Waals surface area contributed by atoms with E-state index in [1.54, 1.807) is 18.3 Å². The summed E-state index contributed by atoms with van der Waals surface area (Å²) >= 11 is 0. The van der Waals surface area contributed by atoms with Crippen molar-refractivity contribution in [1.82, 2.24) is 14.3 Å². The summed E-state index contributed by atoms with van der Waals surface area (Å²) in [6, 6.07) is 6.24. The maximum atomic E-state index is 14.0. The molecule has 1 aliphatic heterocycles. The number of aromatic nitrogens is 2. The van der Waals surface area contributed by atoms with Gasteiger partial charge in [-0.1, -0.05) is 0 Å². The van der Waals surface area contributed by atoms with Crippen molar-refractivity contribution in [2.45, 2.75) is 25.1 Å². The zero-order chi connectivity index (χ0) is 24.7. The Kier molecular flexibility index (Phi) is 6.14. The van der Waals surface area contributed by atoms with Crippen LogP contribution in [0.25, 0.3) is 5.52 Å². The minimum Gasteiger partial charge on any atom is -0.484 e. The number of amides is 1. The molecule has 1 saturated heterocycles. The standard InChI is InChI=1S/C21H20F4N4O4S/c1-34(31,32)27-20(30)16-11-26-29-8-6-14(10-18(16)29)28-7-2-3-17(28)15-9-13(22)4-5-19(15)33-12-21(23,24)25/h4-6,8-11,17H,2-3,7,12H2,1H3,(H,27,30)/t17-/m1/s1. The molecule has 8 nitrogen and oxygen atoms in total. The first kappa shape index (κ1) is 23.8. The van der Waals surface area contributed by atoms with Gasteiger partial charge in [-0.05, 0) is 43.2 Å². The number of carbonyl (C=O) groups excluding carboxylic acids is 1. The van der Waals surface area contributed by atoms with Crippen molar-refractivity contribution < 1.29 is 35.5 Å². The van der Waals surface area contributed by atoms with Crippen molar-refractivity contribution in [2.24, 2.45) is 0 Å². The summed E-state index contributed by atoms with van der Waals surface area (Å²) in [6.45, 7) is -0.978. The zero-order valence-corrected chi connectivity index (χ0v) is 18.7. The molecule has 1 aromatic carbocycles. The number of ether oxygens (including phenoxy) is 1. The Hall–Kier alpha value is -3.35. The largest absolute Gasteiger partial charge is 0.484 e. The highest BCUT2D eigenvalue weighted by Gasteiger charge is 2.32. The first-order valence-corrected chi connectivity index (χ1v) is 12.1. The Morgan fingerprint density at radius 2 is 2.03 bits per heavy atom. The van der Waals surface area contributed by atoms with Crippen LogP contribution in [0.2, 0.25) is 0 Å². The van der Waals surface area contributed by atoms with E-state index in [-0.39, 0.29) is 16.9 Å². The Bertz CT molecular complexity index is 1340. The van der Waals surface area contributed by atoms with E-state index in [0.29, 0.717) is 30.6 Å². The third kappa shape index (κ3) is 5.24. The van der Waals surface area contributed by atoms with Gasteiger partial charge in [-0.15, -0.1) is 0 Å². The highest BCUT2D eigenvalue weighted by Crippen LogP contribution is 2.41. The van der Waals surface area contributed by atoms with Gasteiger partial charge in [-0.3, -0.25) is 4.79 Å². The number of alkyl halides is 3. The molecular weight excluding hydrogens is 480 g/mol. The molecule has 2 aromatic heterocycles. The van der Waals surface area contributed by atoms with Crippen LogP contribution >= 0.6 is 0 Å². The molecule has 34 heavy (non-hydrogen) atoms. The quantitative estimate of drug-likeness (QED) is 0.522. The normalized spacial score (nSPS) is 16.7. The lowest BCUT2D eigenvalue weighted by molar-refractivity contribution is -0.153. The Morgan fingerprint density at radius 3 is 2.74 bits per heavy atom. The molecule has 4 rings (SSSR count). The van der Waals surface area contributed by atoms with Crippen LogP contribution in [0.5, 0.6) is 5.75 Å². The van der Waals surface area contributed by atoms with Gasteiger partial charge in [0.1, 0.15) is 11.6 Å². The molecule has 3 aromatic rings. The number of hydrogen-bond acceptors (Lipinski definition) is 6. The lowest BCUT2D eigenvalue weighted by Gasteiger charge is -2.29. The highest BCUT2D eigenvalue weighted by molar-refractivity contribution is 7.89. The van der Waals surface area contributed by atoms with Crippen molar-refractivity contribution in [3.63, 3.8) is 0 Å². The molecule has 0 saturated carbocycles. The number of nitrogens with one attached hydrogen (secondary N) is 1. The molecule has 1 fully saturated rings. The summed E-state index contributed by atoms with van der Waals surface area (Å²) in [5.41, 5.74) is 1.25. The lowest BCUT2D eigenvalue weighted by Crippen LogP contribution is -2.29. The number of hydrogen-bond donors (Lipinski definition) is 1. The molecule has 3 heterocycles. The molecule has 0 bridgehead atoms. The second-order valence-corrected chi connectivity index (χ2v) is 9.66. The maximum Gasteiger partial charge on any atom is 0.422 e. The predicted molar refractivity (Wildman–Crippen MR) is 115 cm³/mol. The molecule has 0 radical (unpaired) electrons. The van der Waals surface area contributed by atoms with Crippen LogP contribution in [0.15, 0.2) is 42.7 Å². The highest BCUT2D eigenvalue weighted by atomic mass is 32.2. The number of rotatable bonds is 6. The molecule has 0 unspecified atom stereocenters. The van der Waals surface area contributed by atoms with Crippen LogP contribution in [0.1, 0.15) is 34.8 Å². The molecule has 1 amide bonds. The fourth-order valence-electron chi connectivity index (χ4n) is 4.02. The zero-order valence-electron chi connectivity index (χ0n) is 17.8. The summed E-state index contributed by atoms with van der Waals surface area (Å²) in [5.74, 6) is -1.51. The first-order chi connectivity index (χ1) is 15.9. The average Bonchev–Trinajstić information content (AvgIpc) is 3.37. The van der Waals surface area contributed by atoms with Gasteiger partial charge in [0, 0.05) is 24.0 Å². The van der Waals surface area contributed by atoms with E-state index in [1.807, 2.05) is 9.62 Å². The van der Waals surface area contributed by atoms with Gasteiger partial charge in [0.25, 0.3) is 5.91 Å². The van der Waals surface area contributed by atoms with E-state index in [1.165, 1.54) is 16.8 Å². The number of pyridine rings is 1. The molecule has 1 atom stereocenters. The lowest BCUT2D eigenvalue weighted by atomic mass is 10.0. The molecule has 0 spiro atoms. The van der Waals surface area contributed by atoms with Crippen molar-refractivity contribution in [1.29, 1.82) is 0 Å². The van der Waals surface area contributed by atoms with Crippen molar-refractivity contribution >= 4 is 27.1 Å². The van der Waals surface area contributed by atoms with Gasteiger partial charge < -0.3 is 9.64 Å². The summed E-state index contributed by atoms with van der Waals surface area (Å²) in [5, 5.41) is 4.05. The van der Waals surface area contributed by atoms with Crippen molar-refractivity contribution in [3.05, 3.63) is 59.7 Å². The predicted octanol–water partition coefficient (Wildman–Crippen LogP) is 3.45. The van der Waals surface area contributed by atoms with E-state index >= 15 is 0 Å². The second kappa shape index (κ2) is 8.78. The number of benzene rings is 1. The van der Waals surface area contributed by atoms with E-state index in [0.717, 1.165) is 18.4 Å². The van der Waals surface area contributed by atoms with Gasteiger partial charge in [0.2, 0.25) is 10.0 Å². The second-order valence-electron chi connectivity index (χ2n) is 7.91. The Labute approximate surface area is 192 Å². The summed E-state index contributed by atoms with van der Waals surface area (Å²) in [4.78, 5) is 14.3. The molecule has 0 aliphatic carbocycles. The van der Waals surface area contributed by atoms with E-state index in [4.69, 9.17) is 4.74 Å². The third-order valence-corrected chi connectivity index (χ3v) is 5.89. The van der Waals surface area contributed by atoms with Crippen molar-refractivity contribution in [2.75, 3.05) is 24.3 Å². The SMILES string of the molecule is CS(=O)(=O)NC(=O)c1cnn2ccc(N3CCC[C@@H]3c3cc(F)ccc3OCC(F)(F)F)cc12. The van der Waals surface area contributed by atoms with Gasteiger partial charge in [0.15, 0.2) is 6.61 Å². The summed E-state index contributed by atoms with van der Waals surface area (Å²) < 4.78 is 83.3. The smallest absolute Gasteiger partial charge is 0.422 e. The fraction of sp³-hybridized carbons (Fsp3) is 0.333. The molecule has 182 valence electrons. The van der Waals surface area contributed by atoms with Crippen molar-refractivity contribution in [3.8, 4) is 5.75 Å². The molecule has 1 N–H and O–H groups in total. The summed E-state index contributed by atoms with van der Waals surface area (Å²) in [7, 11) is -3.79. The third-order valence-electron chi connectivity index (χ3n) is 5.33. The number of fused-ring (bicyclic) bond motifs is 1. The molecular formula is C21H20F4N4O4S. The maximum absolute atomic E-state index is 14.0. The van der Waals surface area contributed by atoms with Gasteiger partial charge in [-0.25, -0.2) is 22.0 Å². The number of halogens is 4. The van der Waals surface area contributed by atoms with Gasteiger partial charge in [-0.2, -0.15) is 18.3 Å². The number of carbonyl (C=O) groups is 1. The first-order valence-electron chi connectivity index (χ1n) is 10.2. The van der Waals surface area contributed by atoms with Crippen LogP contribution in [-0.2, 0) is 10.0 Å². The molecule has 13 heteroatoms. The topological polar surface area (TPSA) is 93.0 Å². The van der Waals surface area contributed by atoms with E-state index in [9.17, 15) is 30.8 Å². The van der Waals surface area contributed by atoms with E-state index in [2.05, 4.69) is 5.10 Å². The minimum absolute atomic E-state index is 0.0305. The van der Waals surface area contributed by atoms with E-state index < -0.39 is 40.6 Å². The van der Waals surface area contributed by atoms with Crippen LogP contribution in [0, 0.1) is 5.82 Å². The summed E-state index contributed by atoms with van der Waals surface area (Å²) in [6.07, 6.45) is 0.343. The monoisotopic (exact) mass is 500 g/mol. The molecule has 1 aliphatic rings. The fourth-order valence-corrected chi connectivity index (χ4v) is 4.46. The van der Waals surface area contributed by atoms with Gasteiger partial charge in [0.05, 0.1) is 29.6 Å². The van der Waals surface area contributed by atoms with Crippen LogP contribution < -0.4 is 14.4 Å². The Morgan fingerprint density at radius 1 is 1.26 bits per heavy atom. The number of anilines is 1. The number of nitrogens with zero attached hydrogens (tertiary/aromatic N) is 3. The van der Waals surface area contributed by atoms with Crippen LogP contribution in [0.3, 0.4) is 0 Å². The van der Waals surface area contributed by atoms with Crippen LogP contribution in [0.4, 0.5) is 23.2 Å². The Balaban J connectivity index is 1.69. The van der Waals surface area contributed by atoms with Gasteiger partial charge >= 0.3 is 6.18 Å². The van der Waals surface area contributed by atoms with Crippen LogP contribution in [-0.4, -0.2) is 49.5 Å². The minimum atomic E-state index is -4.54.